The third-order valence-electron chi connectivity index (χ3n) is 2.98. The van der Waals surface area contributed by atoms with Crippen molar-refractivity contribution in [2.24, 2.45) is 5.92 Å². The summed E-state index contributed by atoms with van der Waals surface area (Å²) in [6.45, 7) is 1.84. The average Bonchev–Trinajstić information content (AvgIpc) is 2.25. The van der Waals surface area contributed by atoms with Gasteiger partial charge in [0.1, 0.15) is 0 Å². The van der Waals surface area contributed by atoms with Crippen LogP contribution in [0, 0.1) is 5.92 Å². The van der Waals surface area contributed by atoms with E-state index in [-0.39, 0.29) is 6.10 Å². The Hall–Kier alpha value is -0.570. The Morgan fingerprint density at radius 3 is 2.73 bits per heavy atom. The minimum Gasteiger partial charge on any atom is -0.393 e. The molecule has 2 rings (SSSR count). The van der Waals surface area contributed by atoms with Crippen LogP contribution in [0.25, 0.3) is 0 Å². The highest BCUT2D eigenvalue weighted by atomic mass is 35.5. The number of piperidine rings is 1. The zero-order valence-corrected chi connectivity index (χ0v) is 9.37. The van der Waals surface area contributed by atoms with Gasteiger partial charge in [-0.1, -0.05) is 23.7 Å². The molecule has 3 heteroatoms. The van der Waals surface area contributed by atoms with Crippen LogP contribution in [-0.2, 0) is 6.42 Å². The van der Waals surface area contributed by atoms with Crippen molar-refractivity contribution in [1.29, 1.82) is 0 Å². The molecule has 1 heterocycles. The van der Waals surface area contributed by atoms with Gasteiger partial charge in [0.05, 0.1) is 6.10 Å². The van der Waals surface area contributed by atoms with Gasteiger partial charge in [-0.15, -0.1) is 0 Å². The van der Waals surface area contributed by atoms with Crippen molar-refractivity contribution in [3.05, 3.63) is 34.9 Å². The van der Waals surface area contributed by atoms with Gasteiger partial charge >= 0.3 is 0 Å². The van der Waals surface area contributed by atoms with Crippen molar-refractivity contribution in [3.8, 4) is 0 Å². The number of hydrogen-bond donors (Lipinski definition) is 2. The molecular weight excluding hydrogens is 210 g/mol. The average molecular weight is 226 g/mol. The fourth-order valence-electron chi connectivity index (χ4n) is 2.04. The molecule has 0 amide bonds. The van der Waals surface area contributed by atoms with Gasteiger partial charge in [0.25, 0.3) is 0 Å². The summed E-state index contributed by atoms with van der Waals surface area (Å²) in [6.07, 6.45) is 1.62. The number of halogens is 1. The molecule has 1 saturated heterocycles. The monoisotopic (exact) mass is 225 g/mol. The number of benzene rings is 1. The fraction of sp³-hybridized carbons (Fsp3) is 0.500. The Balaban J connectivity index is 1.98. The van der Waals surface area contributed by atoms with Gasteiger partial charge in [0, 0.05) is 17.5 Å². The van der Waals surface area contributed by atoms with Crippen LogP contribution in [0.3, 0.4) is 0 Å². The normalized spacial score (nSPS) is 26.5. The largest absolute Gasteiger partial charge is 0.393 e. The Labute approximate surface area is 95.3 Å². The molecule has 0 saturated carbocycles. The second-order valence-corrected chi connectivity index (χ2v) is 4.59. The molecule has 0 spiro atoms. The maximum atomic E-state index is 9.82. The van der Waals surface area contributed by atoms with Crippen molar-refractivity contribution in [3.63, 3.8) is 0 Å². The summed E-state index contributed by atoms with van der Waals surface area (Å²) < 4.78 is 0. The first-order valence-electron chi connectivity index (χ1n) is 5.39. The zero-order chi connectivity index (χ0) is 10.7. The van der Waals surface area contributed by atoms with E-state index in [1.807, 2.05) is 24.3 Å². The number of aliphatic hydroxyl groups excluding tert-OH is 1. The molecule has 1 aromatic carbocycles. The summed E-state index contributed by atoms with van der Waals surface area (Å²) in [5.74, 6) is 0.333. The summed E-state index contributed by atoms with van der Waals surface area (Å²) in [5, 5.41) is 13.9. The van der Waals surface area contributed by atoms with Crippen molar-refractivity contribution < 1.29 is 5.11 Å². The predicted octanol–water partition coefficient (Wildman–Crippen LogP) is 1.85. The SMILES string of the molecule is O[C@@H]1CCNC[C@H]1Cc1ccc(Cl)cc1. The molecule has 0 radical (unpaired) electrons. The van der Waals surface area contributed by atoms with E-state index in [1.165, 1.54) is 5.56 Å². The number of hydrogen-bond acceptors (Lipinski definition) is 2. The Morgan fingerprint density at radius 1 is 1.33 bits per heavy atom. The molecule has 0 bridgehead atoms. The molecule has 2 atom stereocenters. The standard InChI is InChI=1S/C12H16ClNO/c13-11-3-1-9(2-4-11)7-10-8-14-6-5-12(10)15/h1-4,10,12,14-15H,5-8H2/t10-,12-/m1/s1. The van der Waals surface area contributed by atoms with Gasteiger partial charge in [0.2, 0.25) is 0 Å². The van der Waals surface area contributed by atoms with E-state index >= 15 is 0 Å². The van der Waals surface area contributed by atoms with Crippen LogP contribution >= 0.6 is 11.6 Å². The van der Waals surface area contributed by atoms with Crippen LogP contribution < -0.4 is 5.32 Å². The van der Waals surface area contributed by atoms with Crippen molar-refractivity contribution in [2.45, 2.75) is 18.9 Å². The van der Waals surface area contributed by atoms with E-state index in [0.717, 1.165) is 31.0 Å². The van der Waals surface area contributed by atoms with Crippen LogP contribution in [0.15, 0.2) is 24.3 Å². The predicted molar refractivity (Wildman–Crippen MR) is 62.1 cm³/mol. The maximum Gasteiger partial charge on any atom is 0.0595 e. The van der Waals surface area contributed by atoms with Gasteiger partial charge in [-0.2, -0.15) is 0 Å². The zero-order valence-electron chi connectivity index (χ0n) is 8.62. The maximum absolute atomic E-state index is 9.82. The molecule has 1 aromatic rings. The molecule has 0 aromatic heterocycles. The van der Waals surface area contributed by atoms with Crippen LogP contribution in [0.1, 0.15) is 12.0 Å². The summed E-state index contributed by atoms with van der Waals surface area (Å²) in [7, 11) is 0. The first kappa shape index (κ1) is 10.9. The molecule has 15 heavy (non-hydrogen) atoms. The van der Waals surface area contributed by atoms with E-state index in [0.29, 0.717) is 5.92 Å². The molecule has 0 unspecified atom stereocenters. The molecule has 1 aliphatic rings. The van der Waals surface area contributed by atoms with Crippen molar-refractivity contribution >= 4 is 11.6 Å². The highest BCUT2D eigenvalue weighted by Crippen LogP contribution is 2.18. The quantitative estimate of drug-likeness (QED) is 0.805. The number of rotatable bonds is 2. The van der Waals surface area contributed by atoms with Crippen LogP contribution in [-0.4, -0.2) is 24.3 Å². The van der Waals surface area contributed by atoms with Gasteiger partial charge in [-0.25, -0.2) is 0 Å². The summed E-state index contributed by atoms with van der Waals surface area (Å²) >= 11 is 5.82. The van der Waals surface area contributed by atoms with E-state index < -0.39 is 0 Å². The first-order chi connectivity index (χ1) is 7.25. The van der Waals surface area contributed by atoms with Gasteiger partial charge < -0.3 is 10.4 Å². The summed E-state index contributed by atoms with van der Waals surface area (Å²) in [4.78, 5) is 0. The minimum absolute atomic E-state index is 0.165. The molecule has 2 nitrogen and oxygen atoms in total. The smallest absolute Gasteiger partial charge is 0.0595 e. The lowest BCUT2D eigenvalue weighted by atomic mass is 9.90. The lowest BCUT2D eigenvalue weighted by Crippen LogP contribution is -2.40. The fourth-order valence-corrected chi connectivity index (χ4v) is 2.17. The molecule has 2 N–H and O–H groups in total. The molecule has 1 aliphatic heterocycles. The first-order valence-corrected chi connectivity index (χ1v) is 5.77. The summed E-state index contributed by atoms with van der Waals surface area (Å²) in [6, 6.07) is 7.87. The van der Waals surface area contributed by atoms with Gasteiger partial charge in [0.15, 0.2) is 0 Å². The lowest BCUT2D eigenvalue weighted by Gasteiger charge is -2.28. The Bertz CT molecular complexity index is 312. The molecule has 82 valence electrons. The second-order valence-electron chi connectivity index (χ2n) is 4.15. The Morgan fingerprint density at radius 2 is 2.07 bits per heavy atom. The number of nitrogens with one attached hydrogen (secondary N) is 1. The van der Waals surface area contributed by atoms with Gasteiger partial charge in [-0.05, 0) is 37.1 Å². The lowest BCUT2D eigenvalue weighted by molar-refractivity contribution is 0.0791. The second kappa shape index (κ2) is 4.97. The van der Waals surface area contributed by atoms with Crippen LogP contribution in [0.2, 0.25) is 5.02 Å². The van der Waals surface area contributed by atoms with E-state index in [1.54, 1.807) is 0 Å². The van der Waals surface area contributed by atoms with Gasteiger partial charge in [-0.3, -0.25) is 0 Å². The highest BCUT2D eigenvalue weighted by Gasteiger charge is 2.22. The highest BCUT2D eigenvalue weighted by molar-refractivity contribution is 6.30. The van der Waals surface area contributed by atoms with E-state index in [2.05, 4.69) is 5.32 Å². The van der Waals surface area contributed by atoms with E-state index in [9.17, 15) is 5.11 Å². The van der Waals surface area contributed by atoms with Crippen molar-refractivity contribution in [1.82, 2.24) is 5.32 Å². The third-order valence-corrected chi connectivity index (χ3v) is 3.23. The van der Waals surface area contributed by atoms with Crippen molar-refractivity contribution in [2.75, 3.05) is 13.1 Å². The van der Waals surface area contributed by atoms with Crippen LogP contribution in [0.4, 0.5) is 0 Å². The molecule has 1 fully saturated rings. The number of aliphatic hydroxyl groups is 1. The third kappa shape index (κ3) is 2.94. The minimum atomic E-state index is -0.165. The molecular formula is C12H16ClNO. The topological polar surface area (TPSA) is 32.3 Å². The molecule has 0 aliphatic carbocycles. The summed E-state index contributed by atoms with van der Waals surface area (Å²) in [5.41, 5.74) is 1.24. The van der Waals surface area contributed by atoms with E-state index in [4.69, 9.17) is 11.6 Å². The van der Waals surface area contributed by atoms with Crippen LogP contribution in [0.5, 0.6) is 0 Å². The Kier molecular flexibility index (Phi) is 3.62.